The van der Waals surface area contributed by atoms with Crippen LogP contribution in [0.4, 0.5) is 10.5 Å². The second kappa shape index (κ2) is 4.32. The summed E-state index contributed by atoms with van der Waals surface area (Å²) in [6.07, 6.45) is 4.67. The van der Waals surface area contributed by atoms with Gasteiger partial charge in [-0.3, -0.25) is 5.10 Å². The van der Waals surface area contributed by atoms with Crippen LogP contribution in [-0.2, 0) is 6.54 Å². The van der Waals surface area contributed by atoms with Crippen molar-refractivity contribution in [1.82, 2.24) is 15.5 Å². The molecule has 0 aromatic carbocycles. The summed E-state index contributed by atoms with van der Waals surface area (Å²) in [7, 11) is 0. The van der Waals surface area contributed by atoms with E-state index in [0.717, 1.165) is 0 Å². The van der Waals surface area contributed by atoms with Crippen LogP contribution in [0.5, 0.6) is 0 Å². The molecule has 2 heterocycles. The molecule has 2 amide bonds. The van der Waals surface area contributed by atoms with E-state index in [4.69, 9.17) is 4.42 Å². The van der Waals surface area contributed by atoms with Crippen LogP contribution in [0.1, 0.15) is 5.76 Å². The van der Waals surface area contributed by atoms with Gasteiger partial charge in [0.05, 0.1) is 24.7 Å². The third-order valence-electron chi connectivity index (χ3n) is 1.76. The van der Waals surface area contributed by atoms with Crippen LogP contribution >= 0.6 is 0 Å². The lowest BCUT2D eigenvalue weighted by atomic mass is 10.4. The molecule has 3 N–H and O–H groups in total. The predicted octanol–water partition coefficient (Wildman–Crippen LogP) is 1.32. The second-order valence-electron chi connectivity index (χ2n) is 2.87. The molecule has 0 saturated carbocycles. The molecule has 2 aromatic heterocycles. The molecular weight excluding hydrogens is 196 g/mol. The summed E-state index contributed by atoms with van der Waals surface area (Å²) in [6.45, 7) is 0.358. The molecule has 0 unspecified atom stereocenters. The number of carbonyl (C=O) groups is 1. The number of aromatic nitrogens is 2. The molecule has 15 heavy (non-hydrogen) atoms. The second-order valence-corrected chi connectivity index (χ2v) is 2.87. The number of H-pyrrole nitrogens is 1. The minimum Gasteiger partial charge on any atom is -0.467 e. The molecule has 0 fully saturated rings. The van der Waals surface area contributed by atoms with Crippen LogP contribution in [0.2, 0.25) is 0 Å². The summed E-state index contributed by atoms with van der Waals surface area (Å²) in [4.78, 5) is 11.3. The van der Waals surface area contributed by atoms with Gasteiger partial charge >= 0.3 is 6.03 Å². The maximum atomic E-state index is 11.3. The summed E-state index contributed by atoms with van der Waals surface area (Å²) < 4.78 is 5.06. The minimum atomic E-state index is -0.298. The molecule has 6 nitrogen and oxygen atoms in total. The number of urea groups is 1. The van der Waals surface area contributed by atoms with Crippen molar-refractivity contribution in [2.24, 2.45) is 0 Å². The zero-order valence-electron chi connectivity index (χ0n) is 7.86. The first-order valence-corrected chi connectivity index (χ1v) is 4.40. The lowest BCUT2D eigenvalue weighted by Gasteiger charge is -2.03. The van der Waals surface area contributed by atoms with Crippen LogP contribution in [0, 0.1) is 0 Å². The Morgan fingerprint density at radius 2 is 2.53 bits per heavy atom. The van der Waals surface area contributed by atoms with Gasteiger partial charge in [-0.25, -0.2) is 4.79 Å². The first-order valence-electron chi connectivity index (χ1n) is 4.40. The molecule has 0 radical (unpaired) electrons. The van der Waals surface area contributed by atoms with Crippen molar-refractivity contribution in [3.63, 3.8) is 0 Å². The van der Waals surface area contributed by atoms with Crippen molar-refractivity contribution in [3.8, 4) is 0 Å². The predicted molar refractivity (Wildman–Crippen MR) is 53.2 cm³/mol. The maximum absolute atomic E-state index is 11.3. The van der Waals surface area contributed by atoms with Crippen LogP contribution < -0.4 is 10.6 Å². The largest absolute Gasteiger partial charge is 0.467 e. The van der Waals surface area contributed by atoms with Crippen molar-refractivity contribution >= 4 is 11.7 Å². The van der Waals surface area contributed by atoms with E-state index in [2.05, 4.69) is 20.8 Å². The summed E-state index contributed by atoms with van der Waals surface area (Å²) in [5.74, 6) is 0.706. The van der Waals surface area contributed by atoms with Crippen molar-refractivity contribution in [1.29, 1.82) is 0 Å². The van der Waals surface area contributed by atoms with Crippen LogP contribution in [-0.4, -0.2) is 16.2 Å². The van der Waals surface area contributed by atoms with E-state index in [1.165, 1.54) is 6.20 Å². The highest BCUT2D eigenvalue weighted by Crippen LogP contribution is 2.01. The molecule has 2 rings (SSSR count). The van der Waals surface area contributed by atoms with Gasteiger partial charge in [-0.1, -0.05) is 0 Å². The molecule has 0 bridgehead atoms. The standard InChI is InChI=1S/C9H10N4O2/c14-9(13-7-4-11-12-5-7)10-6-8-2-1-3-15-8/h1-5H,6H2,(H,11,12)(H2,10,13,14). The Labute approximate surface area is 85.7 Å². The fourth-order valence-corrected chi connectivity index (χ4v) is 1.08. The van der Waals surface area contributed by atoms with Crippen molar-refractivity contribution < 1.29 is 9.21 Å². The molecule has 6 heteroatoms. The number of amides is 2. The Morgan fingerprint density at radius 1 is 1.60 bits per heavy atom. The van der Waals surface area contributed by atoms with Crippen molar-refractivity contribution in [2.45, 2.75) is 6.54 Å². The Morgan fingerprint density at radius 3 is 3.20 bits per heavy atom. The van der Waals surface area contributed by atoms with Crippen molar-refractivity contribution in [3.05, 3.63) is 36.5 Å². The zero-order chi connectivity index (χ0) is 10.5. The van der Waals surface area contributed by atoms with Gasteiger partial charge in [-0.05, 0) is 12.1 Å². The van der Waals surface area contributed by atoms with Gasteiger partial charge in [0.2, 0.25) is 0 Å². The van der Waals surface area contributed by atoms with E-state index in [-0.39, 0.29) is 6.03 Å². The number of aromatic amines is 1. The fourth-order valence-electron chi connectivity index (χ4n) is 1.08. The van der Waals surface area contributed by atoms with Crippen LogP contribution in [0.3, 0.4) is 0 Å². The topological polar surface area (TPSA) is 82.9 Å². The van der Waals surface area contributed by atoms with E-state index < -0.39 is 0 Å². The number of carbonyl (C=O) groups excluding carboxylic acids is 1. The highest BCUT2D eigenvalue weighted by Gasteiger charge is 2.02. The smallest absolute Gasteiger partial charge is 0.319 e. The molecular formula is C9H10N4O2. The lowest BCUT2D eigenvalue weighted by Crippen LogP contribution is -2.27. The Kier molecular flexibility index (Phi) is 2.68. The van der Waals surface area contributed by atoms with E-state index in [1.54, 1.807) is 24.6 Å². The number of hydrogen-bond acceptors (Lipinski definition) is 3. The summed E-state index contributed by atoms with van der Waals surface area (Å²) >= 11 is 0. The minimum absolute atomic E-state index is 0.298. The van der Waals surface area contributed by atoms with Crippen molar-refractivity contribution in [2.75, 3.05) is 5.32 Å². The molecule has 78 valence electrons. The normalized spacial score (nSPS) is 9.87. The molecule has 0 aliphatic heterocycles. The molecule has 0 spiro atoms. The van der Waals surface area contributed by atoms with Gasteiger partial charge < -0.3 is 15.1 Å². The van der Waals surface area contributed by atoms with E-state index in [1.807, 2.05) is 0 Å². The van der Waals surface area contributed by atoms with Crippen LogP contribution in [0.25, 0.3) is 0 Å². The van der Waals surface area contributed by atoms with Gasteiger partial charge in [0.1, 0.15) is 5.76 Å². The monoisotopic (exact) mass is 206 g/mol. The van der Waals surface area contributed by atoms with Gasteiger partial charge in [0.25, 0.3) is 0 Å². The number of rotatable bonds is 3. The van der Waals surface area contributed by atoms with Gasteiger partial charge in [-0.2, -0.15) is 5.10 Å². The average Bonchev–Trinajstić information content (AvgIpc) is 2.86. The quantitative estimate of drug-likeness (QED) is 0.708. The highest BCUT2D eigenvalue weighted by molar-refractivity contribution is 5.88. The Hall–Kier alpha value is -2.24. The third-order valence-corrected chi connectivity index (χ3v) is 1.76. The fraction of sp³-hybridized carbons (Fsp3) is 0.111. The first-order chi connectivity index (χ1) is 7.34. The summed E-state index contributed by atoms with van der Waals surface area (Å²) in [5.41, 5.74) is 0.618. The Bertz CT molecular complexity index is 407. The third kappa shape index (κ3) is 2.60. The molecule has 0 atom stereocenters. The van der Waals surface area contributed by atoms with Gasteiger partial charge in [-0.15, -0.1) is 0 Å². The van der Waals surface area contributed by atoms with E-state index >= 15 is 0 Å². The van der Waals surface area contributed by atoms with E-state index in [9.17, 15) is 4.79 Å². The number of furan rings is 1. The van der Waals surface area contributed by atoms with Gasteiger partial charge in [0.15, 0.2) is 0 Å². The van der Waals surface area contributed by atoms with Gasteiger partial charge in [0, 0.05) is 6.20 Å². The summed E-state index contributed by atoms with van der Waals surface area (Å²) in [5, 5.41) is 11.5. The number of hydrogen-bond donors (Lipinski definition) is 3. The number of anilines is 1. The lowest BCUT2D eigenvalue weighted by molar-refractivity contribution is 0.251. The van der Waals surface area contributed by atoms with E-state index in [0.29, 0.717) is 18.0 Å². The SMILES string of the molecule is O=C(NCc1ccco1)Nc1cn[nH]c1. The zero-order valence-corrected chi connectivity index (χ0v) is 7.86. The molecule has 0 aliphatic rings. The van der Waals surface area contributed by atoms with Crippen LogP contribution in [0.15, 0.2) is 35.2 Å². The first kappa shape index (κ1) is 9.32. The summed E-state index contributed by atoms with van der Waals surface area (Å²) in [6, 6.07) is 3.26. The Balaban J connectivity index is 1.78. The number of nitrogens with one attached hydrogen (secondary N) is 3. The number of nitrogens with zero attached hydrogens (tertiary/aromatic N) is 1. The molecule has 0 saturated heterocycles. The maximum Gasteiger partial charge on any atom is 0.319 e. The molecule has 0 aliphatic carbocycles. The molecule has 2 aromatic rings. The highest BCUT2D eigenvalue weighted by atomic mass is 16.3. The average molecular weight is 206 g/mol.